The Balaban J connectivity index is 1.68. The number of hydrogen-bond donors (Lipinski definition) is 1. The Morgan fingerprint density at radius 3 is 2.53 bits per heavy atom. The standard InChI is InChI=1S/C26H32N4O2/c1-16(2)30-23(31)26(29-24(30)27)22-12-18(20-11-17(3)14-28-15-20)5-6-19(22)13-25(26)9-7-21(32-4)8-10-25/h5-6,11-12,14-16,21H,7-10,13H2,1-4H3,(H2,27,29)/t21?,25?,26-/m0/s1. The van der Waals surface area contributed by atoms with Crippen molar-refractivity contribution in [1.29, 1.82) is 0 Å². The van der Waals surface area contributed by atoms with Gasteiger partial charge in [0.25, 0.3) is 5.91 Å². The second-order valence-corrected chi connectivity index (χ2v) is 9.96. The molecule has 2 heterocycles. The molecule has 2 aliphatic carbocycles. The Kier molecular flexibility index (Phi) is 4.89. The topological polar surface area (TPSA) is 80.8 Å². The highest BCUT2D eigenvalue weighted by Crippen LogP contribution is 2.62. The van der Waals surface area contributed by atoms with E-state index < -0.39 is 5.54 Å². The van der Waals surface area contributed by atoms with Crippen LogP contribution >= 0.6 is 0 Å². The monoisotopic (exact) mass is 432 g/mol. The van der Waals surface area contributed by atoms with E-state index in [1.807, 2.05) is 33.2 Å². The van der Waals surface area contributed by atoms with Crippen molar-refractivity contribution in [1.82, 2.24) is 9.88 Å². The van der Waals surface area contributed by atoms with Crippen molar-refractivity contribution in [3.8, 4) is 11.1 Å². The van der Waals surface area contributed by atoms with E-state index in [0.29, 0.717) is 5.96 Å². The lowest BCUT2D eigenvalue weighted by Gasteiger charge is -2.45. The number of pyridine rings is 1. The lowest BCUT2D eigenvalue weighted by Crippen LogP contribution is -2.53. The first-order valence-corrected chi connectivity index (χ1v) is 11.6. The summed E-state index contributed by atoms with van der Waals surface area (Å²) in [6, 6.07) is 8.59. The van der Waals surface area contributed by atoms with Crippen molar-refractivity contribution in [3.05, 3.63) is 53.3 Å². The van der Waals surface area contributed by atoms with E-state index in [-0.39, 0.29) is 23.5 Å². The first kappa shape index (κ1) is 21.1. The molecule has 2 N–H and O–H groups in total. The number of benzene rings is 1. The summed E-state index contributed by atoms with van der Waals surface area (Å²) in [5.41, 5.74) is 10.6. The van der Waals surface area contributed by atoms with Crippen LogP contribution in [-0.2, 0) is 21.5 Å². The van der Waals surface area contributed by atoms with Gasteiger partial charge in [-0.15, -0.1) is 0 Å². The van der Waals surface area contributed by atoms with Crippen LogP contribution in [0.5, 0.6) is 0 Å². The summed E-state index contributed by atoms with van der Waals surface area (Å²) in [4.78, 5) is 25.3. The molecular weight excluding hydrogens is 400 g/mol. The number of hydrogen-bond acceptors (Lipinski definition) is 5. The van der Waals surface area contributed by atoms with E-state index in [4.69, 9.17) is 15.5 Å². The van der Waals surface area contributed by atoms with Crippen LogP contribution in [0.2, 0.25) is 0 Å². The zero-order chi connectivity index (χ0) is 22.7. The van der Waals surface area contributed by atoms with Gasteiger partial charge in [-0.3, -0.25) is 14.7 Å². The molecular formula is C26H32N4O2. The SMILES string of the molecule is COC1CCC2(CC1)Cc1ccc(-c3cncc(C)c3)cc1[C@@]21N=C(N)N(C(C)C)C1=O. The minimum atomic E-state index is -0.956. The fraction of sp³-hybridized carbons (Fsp3) is 0.500. The maximum absolute atomic E-state index is 14.2. The van der Waals surface area contributed by atoms with Crippen molar-refractivity contribution >= 4 is 11.9 Å². The van der Waals surface area contributed by atoms with Crippen LogP contribution in [-0.4, -0.2) is 41.0 Å². The molecule has 2 aromatic rings. The molecule has 0 bridgehead atoms. The van der Waals surface area contributed by atoms with Crippen molar-refractivity contribution < 1.29 is 9.53 Å². The predicted molar refractivity (Wildman–Crippen MR) is 125 cm³/mol. The fourth-order valence-corrected chi connectivity index (χ4v) is 6.23. The van der Waals surface area contributed by atoms with Crippen LogP contribution in [0.25, 0.3) is 11.1 Å². The predicted octanol–water partition coefficient (Wildman–Crippen LogP) is 3.95. The van der Waals surface area contributed by atoms with E-state index >= 15 is 0 Å². The molecule has 1 aromatic heterocycles. The third-order valence-electron chi connectivity index (χ3n) is 7.80. The zero-order valence-electron chi connectivity index (χ0n) is 19.4. The van der Waals surface area contributed by atoms with Crippen LogP contribution in [0.3, 0.4) is 0 Å². The second-order valence-electron chi connectivity index (χ2n) is 9.96. The quantitative estimate of drug-likeness (QED) is 0.796. The van der Waals surface area contributed by atoms with E-state index in [9.17, 15) is 4.79 Å². The molecule has 5 rings (SSSR count). The normalized spacial score (nSPS) is 29.3. The molecule has 1 atom stereocenters. The minimum absolute atomic E-state index is 0.0270. The third kappa shape index (κ3) is 2.85. The van der Waals surface area contributed by atoms with Crippen LogP contribution < -0.4 is 5.73 Å². The summed E-state index contributed by atoms with van der Waals surface area (Å²) in [6.45, 7) is 6.04. The van der Waals surface area contributed by atoms with Gasteiger partial charge < -0.3 is 10.5 Å². The minimum Gasteiger partial charge on any atom is -0.381 e. The first-order valence-electron chi connectivity index (χ1n) is 11.6. The van der Waals surface area contributed by atoms with Gasteiger partial charge in [0.1, 0.15) is 0 Å². The maximum atomic E-state index is 14.2. The largest absolute Gasteiger partial charge is 0.381 e. The van der Waals surface area contributed by atoms with Crippen LogP contribution in [0, 0.1) is 12.3 Å². The summed E-state index contributed by atoms with van der Waals surface area (Å²) in [6.07, 6.45) is 8.49. The van der Waals surface area contributed by atoms with Crippen LogP contribution in [0.15, 0.2) is 41.7 Å². The van der Waals surface area contributed by atoms with E-state index in [2.05, 4.69) is 29.2 Å². The average molecular weight is 433 g/mol. The summed E-state index contributed by atoms with van der Waals surface area (Å²) in [7, 11) is 1.78. The number of aromatic nitrogens is 1. The Morgan fingerprint density at radius 2 is 1.91 bits per heavy atom. The Bertz CT molecular complexity index is 1100. The van der Waals surface area contributed by atoms with E-state index in [1.54, 1.807) is 12.0 Å². The summed E-state index contributed by atoms with van der Waals surface area (Å²) in [5, 5.41) is 0. The van der Waals surface area contributed by atoms with Gasteiger partial charge in [-0.25, -0.2) is 4.99 Å². The van der Waals surface area contributed by atoms with Gasteiger partial charge in [0.15, 0.2) is 11.5 Å². The number of aliphatic imine (C=N–C) groups is 1. The number of fused-ring (bicyclic) bond motifs is 3. The first-order chi connectivity index (χ1) is 15.3. The molecule has 32 heavy (non-hydrogen) atoms. The van der Waals surface area contributed by atoms with Crippen molar-refractivity contribution in [2.45, 2.75) is 70.6 Å². The van der Waals surface area contributed by atoms with E-state index in [1.165, 1.54) is 5.56 Å². The van der Waals surface area contributed by atoms with Gasteiger partial charge in [-0.1, -0.05) is 12.1 Å². The number of methoxy groups -OCH3 is 1. The highest BCUT2D eigenvalue weighted by atomic mass is 16.5. The summed E-state index contributed by atoms with van der Waals surface area (Å²) >= 11 is 0. The van der Waals surface area contributed by atoms with Gasteiger partial charge in [-0.05, 0) is 87.3 Å². The van der Waals surface area contributed by atoms with Gasteiger partial charge >= 0.3 is 0 Å². The fourth-order valence-electron chi connectivity index (χ4n) is 6.23. The van der Waals surface area contributed by atoms with Gasteiger partial charge in [0.05, 0.1) is 6.10 Å². The molecule has 1 fully saturated rings. The van der Waals surface area contributed by atoms with Gasteiger partial charge in [0.2, 0.25) is 0 Å². The third-order valence-corrected chi connectivity index (χ3v) is 7.80. The Labute approximate surface area is 189 Å². The lowest BCUT2D eigenvalue weighted by atomic mass is 9.61. The van der Waals surface area contributed by atoms with Gasteiger partial charge in [-0.2, -0.15) is 0 Å². The Hall–Kier alpha value is -2.73. The number of rotatable bonds is 3. The van der Waals surface area contributed by atoms with Gasteiger partial charge in [0, 0.05) is 36.5 Å². The Morgan fingerprint density at radius 1 is 1.16 bits per heavy atom. The van der Waals surface area contributed by atoms with Crippen molar-refractivity contribution in [2.24, 2.45) is 16.1 Å². The molecule has 2 spiro atoms. The maximum Gasteiger partial charge on any atom is 0.262 e. The van der Waals surface area contributed by atoms with E-state index in [0.717, 1.165) is 54.4 Å². The number of ether oxygens (including phenoxy) is 1. The second kappa shape index (κ2) is 7.41. The smallest absolute Gasteiger partial charge is 0.262 e. The number of carbonyl (C=O) groups excluding carboxylic acids is 1. The lowest BCUT2D eigenvalue weighted by molar-refractivity contribution is -0.139. The van der Waals surface area contributed by atoms with Crippen LogP contribution in [0.1, 0.15) is 56.2 Å². The molecule has 0 saturated heterocycles. The molecule has 1 aliphatic heterocycles. The summed E-state index contributed by atoms with van der Waals surface area (Å²) < 4.78 is 5.65. The molecule has 1 aromatic carbocycles. The number of carbonyl (C=O) groups is 1. The highest BCUT2D eigenvalue weighted by molar-refractivity contribution is 6.08. The molecule has 6 heteroatoms. The molecule has 1 amide bonds. The number of guanidine groups is 1. The zero-order valence-corrected chi connectivity index (χ0v) is 19.4. The molecule has 1 saturated carbocycles. The molecule has 6 nitrogen and oxygen atoms in total. The number of nitrogens with zero attached hydrogens (tertiary/aromatic N) is 3. The molecule has 168 valence electrons. The van der Waals surface area contributed by atoms with Crippen LogP contribution in [0.4, 0.5) is 0 Å². The number of aryl methyl sites for hydroxylation is 1. The average Bonchev–Trinajstić information content (AvgIpc) is 3.20. The number of nitrogens with two attached hydrogens (primary N) is 1. The molecule has 0 unspecified atom stereocenters. The van der Waals surface area contributed by atoms with Crippen molar-refractivity contribution in [2.75, 3.05) is 7.11 Å². The molecule has 3 aliphatic rings. The van der Waals surface area contributed by atoms with Crippen molar-refractivity contribution in [3.63, 3.8) is 0 Å². The highest BCUT2D eigenvalue weighted by Gasteiger charge is 2.66. The summed E-state index contributed by atoms with van der Waals surface area (Å²) in [5.74, 6) is 0.368. The number of amides is 1. The molecule has 0 radical (unpaired) electrons.